The highest BCUT2D eigenvalue weighted by atomic mass is 16.5. The number of hydrogen-bond acceptors (Lipinski definition) is 6. The van der Waals surface area contributed by atoms with E-state index in [0.29, 0.717) is 11.8 Å². The van der Waals surface area contributed by atoms with Gasteiger partial charge >= 0.3 is 6.01 Å². The van der Waals surface area contributed by atoms with E-state index in [9.17, 15) is 0 Å². The lowest BCUT2D eigenvalue weighted by molar-refractivity contribution is -0.0771. The summed E-state index contributed by atoms with van der Waals surface area (Å²) in [5.74, 6) is 1.54. The topological polar surface area (TPSA) is 60.6 Å². The van der Waals surface area contributed by atoms with Gasteiger partial charge in [-0.3, -0.25) is 0 Å². The van der Waals surface area contributed by atoms with Gasteiger partial charge in [0.1, 0.15) is 5.75 Å². The first kappa shape index (κ1) is 17.3. The van der Waals surface area contributed by atoms with E-state index in [1.54, 1.807) is 7.11 Å². The van der Waals surface area contributed by atoms with Crippen LogP contribution in [0, 0.1) is 0 Å². The number of methoxy groups -OCH3 is 1. The van der Waals surface area contributed by atoms with Crippen LogP contribution >= 0.6 is 0 Å². The lowest BCUT2D eigenvalue weighted by Gasteiger charge is -2.44. The molecule has 1 aromatic heterocycles. The molecule has 2 aliphatic heterocycles. The molecule has 2 aromatic carbocycles. The Balaban J connectivity index is 1.34. The summed E-state index contributed by atoms with van der Waals surface area (Å²) in [5, 5.41) is 4.15. The molecule has 0 radical (unpaired) electrons. The Morgan fingerprint density at radius 1 is 1.07 bits per heavy atom. The van der Waals surface area contributed by atoms with Crippen molar-refractivity contribution in [2.24, 2.45) is 0 Å². The summed E-state index contributed by atoms with van der Waals surface area (Å²) in [6.07, 6.45) is 2.73. The summed E-state index contributed by atoms with van der Waals surface area (Å²) >= 11 is 0. The normalized spacial score (nSPS) is 18.1. The van der Waals surface area contributed by atoms with Gasteiger partial charge in [0, 0.05) is 18.7 Å². The Morgan fingerprint density at radius 2 is 1.89 bits per heavy atom. The van der Waals surface area contributed by atoms with Gasteiger partial charge in [-0.2, -0.15) is 4.98 Å². The minimum Gasteiger partial charge on any atom is -0.497 e. The van der Waals surface area contributed by atoms with Crippen LogP contribution in [-0.2, 0) is 16.8 Å². The molecule has 0 amide bonds. The van der Waals surface area contributed by atoms with Crippen molar-refractivity contribution >= 4 is 6.01 Å². The van der Waals surface area contributed by atoms with Crippen molar-refractivity contribution in [3.05, 3.63) is 59.7 Å². The van der Waals surface area contributed by atoms with Crippen molar-refractivity contribution in [3.63, 3.8) is 0 Å². The average Bonchev–Trinajstić information content (AvgIpc) is 3.25. The minimum atomic E-state index is -0.224. The number of nitrogens with zero attached hydrogens (tertiary/aromatic N) is 3. The first-order valence-corrected chi connectivity index (χ1v) is 9.73. The standard InChI is InChI=1S/C22H23N3O3/c1-26-18-7-8-19-17(15-18)9-14-27-22(19)10-12-25(13-11-22)21-23-20(24-28-21)16-5-3-2-4-6-16/h2-8,15H,9-14H2,1H3. The zero-order valence-corrected chi connectivity index (χ0v) is 15.9. The minimum absolute atomic E-state index is 0.224. The van der Waals surface area contributed by atoms with Crippen LogP contribution in [-0.4, -0.2) is 36.9 Å². The maximum atomic E-state index is 6.33. The Kier molecular flexibility index (Phi) is 4.28. The molecule has 144 valence electrons. The van der Waals surface area contributed by atoms with Gasteiger partial charge in [0.05, 0.1) is 19.3 Å². The van der Waals surface area contributed by atoms with Gasteiger partial charge in [-0.25, -0.2) is 0 Å². The van der Waals surface area contributed by atoms with Crippen LogP contribution in [0.15, 0.2) is 53.1 Å². The summed E-state index contributed by atoms with van der Waals surface area (Å²) < 4.78 is 17.3. The van der Waals surface area contributed by atoms with Crippen molar-refractivity contribution in [2.45, 2.75) is 24.9 Å². The van der Waals surface area contributed by atoms with Crippen LogP contribution < -0.4 is 9.64 Å². The molecule has 0 unspecified atom stereocenters. The van der Waals surface area contributed by atoms with Crippen LogP contribution in [0.2, 0.25) is 0 Å². The molecule has 0 bridgehead atoms. The fourth-order valence-corrected chi connectivity index (χ4v) is 4.30. The number of rotatable bonds is 3. The highest BCUT2D eigenvalue weighted by Crippen LogP contribution is 2.43. The second kappa shape index (κ2) is 6.95. The Bertz CT molecular complexity index is 962. The molecule has 3 heterocycles. The predicted molar refractivity (Wildman–Crippen MR) is 106 cm³/mol. The zero-order chi connectivity index (χ0) is 19.0. The predicted octanol–water partition coefficient (Wildman–Crippen LogP) is 3.81. The zero-order valence-electron chi connectivity index (χ0n) is 15.9. The molecule has 3 aromatic rings. The smallest absolute Gasteiger partial charge is 0.324 e. The van der Waals surface area contributed by atoms with Crippen molar-refractivity contribution in [1.29, 1.82) is 0 Å². The van der Waals surface area contributed by atoms with Crippen molar-refractivity contribution in [1.82, 2.24) is 10.1 Å². The second-order valence-electron chi connectivity index (χ2n) is 7.37. The number of fused-ring (bicyclic) bond motifs is 2. The van der Waals surface area contributed by atoms with Gasteiger partial charge in [0.15, 0.2) is 0 Å². The van der Waals surface area contributed by atoms with E-state index < -0.39 is 0 Å². The molecule has 1 saturated heterocycles. The van der Waals surface area contributed by atoms with Crippen LogP contribution in [0.4, 0.5) is 6.01 Å². The number of piperidine rings is 1. The van der Waals surface area contributed by atoms with Gasteiger partial charge < -0.3 is 18.9 Å². The Morgan fingerprint density at radius 3 is 2.68 bits per heavy atom. The number of aromatic nitrogens is 2. The van der Waals surface area contributed by atoms with E-state index in [1.807, 2.05) is 36.4 Å². The molecule has 6 nitrogen and oxygen atoms in total. The van der Waals surface area contributed by atoms with Gasteiger partial charge in [0.25, 0.3) is 0 Å². The van der Waals surface area contributed by atoms with E-state index >= 15 is 0 Å². The maximum absolute atomic E-state index is 6.33. The van der Waals surface area contributed by atoms with Crippen LogP contribution in [0.3, 0.4) is 0 Å². The van der Waals surface area contributed by atoms with E-state index in [2.05, 4.69) is 27.2 Å². The Hall–Kier alpha value is -2.86. The molecule has 0 aliphatic carbocycles. The quantitative estimate of drug-likeness (QED) is 0.692. The van der Waals surface area contributed by atoms with Crippen molar-refractivity contribution in [3.8, 4) is 17.1 Å². The molecular formula is C22H23N3O3. The SMILES string of the molecule is COc1ccc2c(c1)CCOC21CCN(c2nc(-c3ccccc3)no2)CC1. The van der Waals surface area contributed by atoms with Crippen molar-refractivity contribution < 1.29 is 14.0 Å². The first-order chi connectivity index (χ1) is 13.8. The summed E-state index contributed by atoms with van der Waals surface area (Å²) in [6.45, 7) is 2.39. The number of benzene rings is 2. The molecule has 0 N–H and O–H groups in total. The molecular weight excluding hydrogens is 354 g/mol. The second-order valence-corrected chi connectivity index (χ2v) is 7.37. The van der Waals surface area contributed by atoms with E-state index in [1.165, 1.54) is 11.1 Å². The summed E-state index contributed by atoms with van der Waals surface area (Å²) in [4.78, 5) is 6.75. The third-order valence-electron chi connectivity index (χ3n) is 5.84. The first-order valence-electron chi connectivity index (χ1n) is 9.73. The van der Waals surface area contributed by atoms with Crippen LogP contribution in [0.5, 0.6) is 5.75 Å². The fourth-order valence-electron chi connectivity index (χ4n) is 4.30. The maximum Gasteiger partial charge on any atom is 0.324 e. The molecule has 5 rings (SSSR count). The molecule has 0 saturated carbocycles. The average molecular weight is 377 g/mol. The van der Waals surface area contributed by atoms with Gasteiger partial charge in [-0.05, 0) is 42.5 Å². The highest BCUT2D eigenvalue weighted by molar-refractivity contribution is 5.55. The summed E-state index contributed by atoms with van der Waals surface area (Å²) in [5.41, 5.74) is 3.38. The van der Waals surface area contributed by atoms with E-state index in [0.717, 1.165) is 50.3 Å². The molecule has 1 fully saturated rings. The third kappa shape index (κ3) is 2.94. The molecule has 1 spiro atoms. The molecule has 0 atom stereocenters. The Labute approximate surface area is 164 Å². The lowest BCUT2D eigenvalue weighted by Crippen LogP contribution is -2.46. The number of hydrogen-bond donors (Lipinski definition) is 0. The third-order valence-corrected chi connectivity index (χ3v) is 5.84. The van der Waals surface area contributed by atoms with Gasteiger partial charge in [-0.15, -0.1) is 0 Å². The summed E-state index contributed by atoms with van der Waals surface area (Å²) in [7, 11) is 1.71. The molecule has 28 heavy (non-hydrogen) atoms. The van der Waals surface area contributed by atoms with Crippen LogP contribution in [0.25, 0.3) is 11.4 Å². The van der Waals surface area contributed by atoms with Crippen LogP contribution in [0.1, 0.15) is 24.0 Å². The van der Waals surface area contributed by atoms with E-state index in [4.69, 9.17) is 14.0 Å². The van der Waals surface area contributed by atoms with E-state index in [-0.39, 0.29) is 5.60 Å². The van der Waals surface area contributed by atoms with Gasteiger partial charge in [-0.1, -0.05) is 41.6 Å². The molecule has 2 aliphatic rings. The fraction of sp³-hybridized carbons (Fsp3) is 0.364. The number of anilines is 1. The highest BCUT2D eigenvalue weighted by Gasteiger charge is 2.41. The number of ether oxygens (including phenoxy) is 2. The largest absolute Gasteiger partial charge is 0.497 e. The molecule has 6 heteroatoms. The monoisotopic (exact) mass is 377 g/mol. The van der Waals surface area contributed by atoms with Crippen molar-refractivity contribution in [2.75, 3.05) is 31.7 Å². The van der Waals surface area contributed by atoms with Gasteiger partial charge in [0.2, 0.25) is 5.82 Å². The summed E-state index contributed by atoms with van der Waals surface area (Å²) in [6, 6.07) is 16.8. The lowest BCUT2D eigenvalue weighted by atomic mass is 9.79.